The normalized spacial score (nSPS) is 25.7. The molecule has 2 aromatic heterocycles. The van der Waals surface area contributed by atoms with E-state index in [1.807, 2.05) is 24.1 Å². The number of nitrogens with zero attached hydrogens (tertiary/aromatic N) is 4. The molecular weight excluding hydrogens is 300 g/mol. The molecule has 0 N–H and O–H groups in total. The Morgan fingerprint density at radius 1 is 1.17 bits per heavy atom. The Kier molecular flexibility index (Phi) is 4.00. The van der Waals surface area contributed by atoms with Crippen molar-refractivity contribution in [2.24, 2.45) is 17.8 Å². The fraction of sp³-hybridized carbons (Fsp3) is 0.474. The zero-order chi connectivity index (χ0) is 16.5. The van der Waals surface area contributed by atoms with Gasteiger partial charge in [-0.3, -0.25) is 14.8 Å². The van der Waals surface area contributed by atoms with Crippen LogP contribution < -0.4 is 0 Å². The maximum absolute atomic E-state index is 12.7. The van der Waals surface area contributed by atoms with Gasteiger partial charge in [0.15, 0.2) is 0 Å². The lowest BCUT2D eigenvalue weighted by molar-refractivity contribution is 0.0770. The van der Waals surface area contributed by atoms with E-state index in [0.29, 0.717) is 23.4 Å². The highest BCUT2D eigenvalue weighted by molar-refractivity contribution is 5.92. The highest BCUT2D eigenvalue weighted by Crippen LogP contribution is 2.43. The lowest BCUT2D eigenvalue weighted by atomic mass is 9.89. The van der Waals surface area contributed by atoms with Crippen LogP contribution in [0.15, 0.2) is 36.8 Å². The van der Waals surface area contributed by atoms with E-state index in [1.165, 1.54) is 12.8 Å². The molecule has 0 aromatic carbocycles. The van der Waals surface area contributed by atoms with Crippen LogP contribution >= 0.6 is 0 Å². The molecule has 124 valence electrons. The van der Waals surface area contributed by atoms with Gasteiger partial charge in [-0.1, -0.05) is 6.07 Å². The summed E-state index contributed by atoms with van der Waals surface area (Å²) in [5.74, 6) is 1.87. The SMILES string of the molecule is Cc1cnc(C(=O)N2C[C@H]3CC[C@H](Cc4ccccn4)[C@H]3C2)cn1. The minimum Gasteiger partial charge on any atom is -0.337 e. The Labute approximate surface area is 142 Å². The molecule has 24 heavy (non-hydrogen) atoms. The van der Waals surface area contributed by atoms with Gasteiger partial charge in [0.05, 0.1) is 11.9 Å². The summed E-state index contributed by atoms with van der Waals surface area (Å²) >= 11 is 0. The quantitative estimate of drug-likeness (QED) is 0.871. The number of aryl methyl sites for hydroxylation is 1. The van der Waals surface area contributed by atoms with Crippen LogP contribution in [0.2, 0.25) is 0 Å². The van der Waals surface area contributed by atoms with Gasteiger partial charge in [0.2, 0.25) is 0 Å². The average Bonchev–Trinajstić information content (AvgIpc) is 3.18. The van der Waals surface area contributed by atoms with Crippen LogP contribution in [0.25, 0.3) is 0 Å². The van der Waals surface area contributed by atoms with Gasteiger partial charge >= 0.3 is 0 Å². The molecule has 5 nitrogen and oxygen atoms in total. The first-order valence-corrected chi connectivity index (χ1v) is 8.68. The van der Waals surface area contributed by atoms with E-state index in [-0.39, 0.29) is 5.91 Å². The van der Waals surface area contributed by atoms with Crippen LogP contribution in [0, 0.1) is 24.7 Å². The number of rotatable bonds is 3. The molecule has 0 spiro atoms. The topological polar surface area (TPSA) is 59.0 Å². The minimum absolute atomic E-state index is 0.0217. The van der Waals surface area contributed by atoms with Gasteiger partial charge in [-0.15, -0.1) is 0 Å². The van der Waals surface area contributed by atoms with Crippen molar-refractivity contribution in [1.29, 1.82) is 0 Å². The van der Waals surface area contributed by atoms with Crippen LogP contribution in [0.3, 0.4) is 0 Å². The summed E-state index contributed by atoms with van der Waals surface area (Å²) in [5.41, 5.74) is 2.46. The first-order valence-electron chi connectivity index (χ1n) is 8.68. The third-order valence-corrected chi connectivity index (χ3v) is 5.49. The van der Waals surface area contributed by atoms with E-state index in [0.717, 1.165) is 30.9 Å². The molecule has 2 aromatic rings. The number of fused-ring (bicyclic) bond motifs is 1. The number of aromatic nitrogens is 3. The average molecular weight is 322 g/mol. The van der Waals surface area contributed by atoms with Crippen molar-refractivity contribution in [2.75, 3.05) is 13.1 Å². The number of hydrogen-bond donors (Lipinski definition) is 0. The van der Waals surface area contributed by atoms with E-state index in [2.05, 4.69) is 27.1 Å². The molecule has 0 radical (unpaired) electrons. The molecule has 1 amide bonds. The Hall–Kier alpha value is -2.30. The van der Waals surface area contributed by atoms with Gasteiger partial charge in [0.1, 0.15) is 5.69 Å². The molecule has 5 heteroatoms. The molecule has 1 aliphatic carbocycles. The highest BCUT2D eigenvalue weighted by Gasteiger charge is 2.44. The van der Waals surface area contributed by atoms with E-state index in [4.69, 9.17) is 0 Å². The van der Waals surface area contributed by atoms with Crippen LogP contribution in [-0.4, -0.2) is 38.8 Å². The zero-order valence-corrected chi connectivity index (χ0v) is 13.9. The Bertz CT molecular complexity index is 716. The van der Waals surface area contributed by atoms with Gasteiger partial charge in [0.25, 0.3) is 5.91 Å². The van der Waals surface area contributed by atoms with E-state index < -0.39 is 0 Å². The standard InChI is InChI=1S/C19H22N4O/c1-13-9-22-18(10-21-13)19(24)23-11-15-6-5-14(17(15)12-23)8-16-4-2-3-7-20-16/h2-4,7,9-10,14-15,17H,5-6,8,11-12H2,1H3/t14-,15-,17-/m1/s1. The molecule has 0 bridgehead atoms. The van der Waals surface area contributed by atoms with Crippen molar-refractivity contribution in [3.05, 3.63) is 53.9 Å². The van der Waals surface area contributed by atoms with Gasteiger partial charge in [-0.05, 0) is 56.1 Å². The van der Waals surface area contributed by atoms with Crippen LogP contribution in [0.5, 0.6) is 0 Å². The van der Waals surface area contributed by atoms with Crippen molar-refractivity contribution >= 4 is 5.91 Å². The largest absolute Gasteiger partial charge is 0.337 e. The second-order valence-electron chi connectivity index (χ2n) is 7.04. The molecule has 4 rings (SSSR count). The number of carbonyl (C=O) groups is 1. The van der Waals surface area contributed by atoms with E-state index in [1.54, 1.807) is 12.4 Å². The summed E-state index contributed by atoms with van der Waals surface area (Å²) in [5, 5.41) is 0. The maximum Gasteiger partial charge on any atom is 0.274 e. The number of hydrogen-bond acceptors (Lipinski definition) is 4. The third kappa shape index (κ3) is 2.90. The fourth-order valence-electron chi connectivity index (χ4n) is 4.25. The summed E-state index contributed by atoms with van der Waals surface area (Å²) in [6.07, 6.45) is 8.60. The molecule has 3 heterocycles. The summed E-state index contributed by atoms with van der Waals surface area (Å²) < 4.78 is 0. The van der Waals surface area contributed by atoms with Gasteiger partial charge < -0.3 is 4.90 Å². The smallest absolute Gasteiger partial charge is 0.274 e. The molecule has 2 aliphatic rings. The van der Waals surface area contributed by atoms with E-state index >= 15 is 0 Å². The monoisotopic (exact) mass is 322 g/mol. The fourth-order valence-corrected chi connectivity index (χ4v) is 4.25. The molecular formula is C19H22N4O. The first-order chi connectivity index (χ1) is 11.7. The van der Waals surface area contributed by atoms with Crippen LogP contribution in [0.1, 0.15) is 34.7 Å². The molecule has 3 atom stereocenters. The zero-order valence-electron chi connectivity index (χ0n) is 13.9. The van der Waals surface area contributed by atoms with Gasteiger partial charge in [-0.2, -0.15) is 0 Å². The predicted molar refractivity (Wildman–Crippen MR) is 90.3 cm³/mol. The summed E-state index contributed by atoms with van der Waals surface area (Å²) in [6, 6.07) is 6.11. The Morgan fingerprint density at radius 2 is 2.08 bits per heavy atom. The van der Waals surface area contributed by atoms with Crippen molar-refractivity contribution < 1.29 is 4.79 Å². The number of carbonyl (C=O) groups excluding carboxylic acids is 1. The summed E-state index contributed by atoms with van der Waals surface area (Å²) in [6.45, 7) is 3.58. The van der Waals surface area contributed by atoms with Crippen molar-refractivity contribution in [2.45, 2.75) is 26.2 Å². The Balaban J connectivity index is 1.44. The van der Waals surface area contributed by atoms with Crippen molar-refractivity contribution in [3.63, 3.8) is 0 Å². The maximum atomic E-state index is 12.7. The van der Waals surface area contributed by atoms with Crippen LogP contribution in [0.4, 0.5) is 0 Å². The summed E-state index contributed by atoms with van der Waals surface area (Å²) in [4.78, 5) is 27.5. The Morgan fingerprint density at radius 3 is 2.83 bits per heavy atom. The summed E-state index contributed by atoms with van der Waals surface area (Å²) in [7, 11) is 0. The predicted octanol–water partition coefficient (Wildman–Crippen LogP) is 2.52. The van der Waals surface area contributed by atoms with Crippen molar-refractivity contribution in [1.82, 2.24) is 19.9 Å². The van der Waals surface area contributed by atoms with Gasteiger partial charge in [0, 0.05) is 31.2 Å². The first kappa shape index (κ1) is 15.2. The highest BCUT2D eigenvalue weighted by atomic mass is 16.2. The molecule has 0 unspecified atom stereocenters. The van der Waals surface area contributed by atoms with Gasteiger partial charge in [-0.25, -0.2) is 4.98 Å². The molecule has 2 fully saturated rings. The number of pyridine rings is 1. The lowest BCUT2D eigenvalue weighted by Crippen LogP contribution is -2.31. The molecule has 1 saturated carbocycles. The third-order valence-electron chi connectivity index (χ3n) is 5.49. The second kappa shape index (κ2) is 6.30. The molecule has 1 aliphatic heterocycles. The number of likely N-dealkylation sites (tertiary alicyclic amines) is 1. The lowest BCUT2D eigenvalue weighted by Gasteiger charge is -2.20. The van der Waals surface area contributed by atoms with Crippen LogP contribution in [-0.2, 0) is 6.42 Å². The minimum atomic E-state index is 0.0217. The second-order valence-corrected chi connectivity index (χ2v) is 7.04. The number of amides is 1. The van der Waals surface area contributed by atoms with E-state index in [9.17, 15) is 4.79 Å². The molecule has 1 saturated heterocycles. The van der Waals surface area contributed by atoms with Crippen molar-refractivity contribution in [3.8, 4) is 0 Å².